The van der Waals surface area contributed by atoms with Gasteiger partial charge in [0, 0.05) is 18.4 Å². The summed E-state index contributed by atoms with van der Waals surface area (Å²) in [6.07, 6.45) is 0. The highest BCUT2D eigenvalue weighted by Crippen LogP contribution is 2.31. The molecule has 0 fully saturated rings. The molecule has 0 saturated carbocycles. The SMILES string of the molecule is CNc1nn2c(C)cc(C)nc2c1S(=O)(=O)c1ccc(F)cc1. The number of hydrogen-bond acceptors (Lipinski definition) is 5. The molecule has 0 unspecified atom stereocenters. The normalized spacial score (nSPS) is 11.8. The van der Waals surface area contributed by atoms with Gasteiger partial charge in [-0.15, -0.1) is 5.10 Å². The summed E-state index contributed by atoms with van der Waals surface area (Å²) in [5.41, 5.74) is 1.70. The van der Waals surface area contributed by atoms with Gasteiger partial charge < -0.3 is 5.32 Å². The molecule has 3 aromatic rings. The Morgan fingerprint density at radius 2 is 1.83 bits per heavy atom. The van der Waals surface area contributed by atoms with E-state index in [9.17, 15) is 12.8 Å². The van der Waals surface area contributed by atoms with Gasteiger partial charge in [0.1, 0.15) is 5.82 Å². The largest absolute Gasteiger partial charge is 0.370 e. The Hall–Kier alpha value is -2.48. The molecule has 0 spiro atoms. The summed E-state index contributed by atoms with van der Waals surface area (Å²) in [4.78, 5) is 4.30. The second-order valence-electron chi connectivity index (χ2n) is 5.16. The fourth-order valence-corrected chi connectivity index (χ4v) is 3.94. The predicted octanol–water partition coefficient (Wildman–Crippen LogP) is 2.36. The van der Waals surface area contributed by atoms with Crippen LogP contribution < -0.4 is 5.32 Å². The zero-order chi connectivity index (χ0) is 16.8. The van der Waals surface area contributed by atoms with Crippen molar-refractivity contribution in [2.75, 3.05) is 12.4 Å². The lowest BCUT2D eigenvalue weighted by atomic mass is 10.3. The summed E-state index contributed by atoms with van der Waals surface area (Å²) in [5.74, 6) is -0.294. The van der Waals surface area contributed by atoms with Crippen molar-refractivity contribution < 1.29 is 12.8 Å². The van der Waals surface area contributed by atoms with Crippen molar-refractivity contribution >= 4 is 21.3 Å². The highest BCUT2D eigenvalue weighted by atomic mass is 32.2. The van der Waals surface area contributed by atoms with Crippen molar-refractivity contribution in [3.05, 3.63) is 47.5 Å². The summed E-state index contributed by atoms with van der Waals surface area (Å²) in [7, 11) is -2.30. The Morgan fingerprint density at radius 3 is 2.43 bits per heavy atom. The molecule has 0 aliphatic rings. The van der Waals surface area contributed by atoms with E-state index in [1.165, 1.54) is 16.6 Å². The number of hydrogen-bond donors (Lipinski definition) is 1. The molecular formula is C15H15FN4O2S. The Balaban J connectivity index is 2.36. The van der Waals surface area contributed by atoms with E-state index in [2.05, 4.69) is 15.4 Å². The van der Waals surface area contributed by atoms with Crippen molar-refractivity contribution in [1.82, 2.24) is 14.6 Å². The number of nitrogens with zero attached hydrogens (tertiary/aromatic N) is 3. The Bertz CT molecular complexity index is 994. The number of fused-ring (bicyclic) bond motifs is 1. The molecule has 0 aliphatic heterocycles. The third-order valence-corrected chi connectivity index (χ3v) is 5.29. The number of sulfone groups is 1. The summed E-state index contributed by atoms with van der Waals surface area (Å²) >= 11 is 0. The maximum Gasteiger partial charge on any atom is 0.214 e. The van der Waals surface area contributed by atoms with E-state index in [4.69, 9.17) is 0 Å². The van der Waals surface area contributed by atoms with Gasteiger partial charge in [0.2, 0.25) is 9.84 Å². The van der Waals surface area contributed by atoms with E-state index in [1.54, 1.807) is 14.0 Å². The molecule has 0 atom stereocenters. The van der Waals surface area contributed by atoms with Crippen molar-refractivity contribution in [2.45, 2.75) is 23.6 Å². The van der Waals surface area contributed by atoms with Crippen molar-refractivity contribution in [3.8, 4) is 0 Å². The van der Waals surface area contributed by atoms with Gasteiger partial charge in [-0.25, -0.2) is 22.3 Å². The zero-order valence-electron chi connectivity index (χ0n) is 12.8. The number of anilines is 1. The number of rotatable bonds is 3. The first kappa shape index (κ1) is 15.4. The number of halogens is 1. The maximum absolute atomic E-state index is 13.1. The van der Waals surface area contributed by atoms with E-state index in [0.717, 1.165) is 17.8 Å². The zero-order valence-corrected chi connectivity index (χ0v) is 13.6. The molecule has 3 rings (SSSR count). The molecule has 0 bridgehead atoms. The smallest absolute Gasteiger partial charge is 0.214 e. The quantitative estimate of drug-likeness (QED) is 0.744. The lowest BCUT2D eigenvalue weighted by molar-refractivity contribution is 0.595. The monoisotopic (exact) mass is 334 g/mol. The first-order chi connectivity index (χ1) is 10.8. The Morgan fingerprint density at radius 1 is 1.17 bits per heavy atom. The minimum Gasteiger partial charge on any atom is -0.370 e. The van der Waals surface area contributed by atoms with Gasteiger partial charge in [0.25, 0.3) is 0 Å². The van der Waals surface area contributed by atoms with Crippen LogP contribution in [0.4, 0.5) is 10.2 Å². The molecule has 0 saturated heterocycles. The number of aryl methyl sites for hydroxylation is 2. The summed E-state index contributed by atoms with van der Waals surface area (Å²) < 4.78 is 40.5. The predicted molar refractivity (Wildman–Crippen MR) is 83.9 cm³/mol. The van der Waals surface area contributed by atoms with Crippen LogP contribution in [0.25, 0.3) is 5.65 Å². The molecule has 2 aromatic heterocycles. The van der Waals surface area contributed by atoms with E-state index >= 15 is 0 Å². The molecule has 0 amide bonds. The van der Waals surface area contributed by atoms with Gasteiger partial charge in [-0.05, 0) is 44.2 Å². The lowest BCUT2D eigenvalue weighted by Crippen LogP contribution is -2.06. The van der Waals surface area contributed by atoms with E-state index in [1.807, 2.05) is 13.0 Å². The molecule has 23 heavy (non-hydrogen) atoms. The fraction of sp³-hybridized carbons (Fsp3) is 0.200. The minimum absolute atomic E-state index is 0.00809. The van der Waals surface area contributed by atoms with Crippen LogP contribution in [0.5, 0.6) is 0 Å². The van der Waals surface area contributed by atoms with Gasteiger partial charge in [0.15, 0.2) is 16.4 Å². The summed E-state index contributed by atoms with van der Waals surface area (Å²) in [6, 6.07) is 6.50. The Kier molecular flexibility index (Phi) is 3.56. The van der Waals surface area contributed by atoms with Crippen LogP contribution in [0.2, 0.25) is 0 Å². The van der Waals surface area contributed by atoms with Crippen LogP contribution in [0, 0.1) is 19.7 Å². The molecule has 1 aromatic carbocycles. The molecule has 0 aliphatic carbocycles. The van der Waals surface area contributed by atoms with Crippen LogP contribution in [0.15, 0.2) is 40.1 Å². The van der Waals surface area contributed by atoms with Gasteiger partial charge in [-0.3, -0.25) is 0 Å². The molecule has 120 valence electrons. The van der Waals surface area contributed by atoms with Crippen LogP contribution >= 0.6 is 0 Å². The average Bonchev–Trinajstić information content (AvgIpc) is 2.87. The van der Waals surface area contributed by atoms with Gasteiger partial charge >= 0.3 is 0 Å². The van der Waals surface area contributed by atoms with Crippen molar-refractivity contribution in [2.24, 2.45) is 0 Å². The second kappa shape index (κ2) is 5.31. The number of nitrogens with one attached hydrogen (secondary N) is 1. The first-order valence-electron chi connectivity index (χ1n) is 6.90. The third-order valence-electron chi connectivity index (χ3n) is 3.48. The molecule has 0 radical (unpaired) electrons. The molecular weight excluding hydrogens is 319 g/mol. The topological polar surface area (TPSA) is 76.4 Å². The first-order valence-corrected chi connectivity index (χ1v) is 8.38. The van der Waals surface area contributed by atoms with Crippen LogP contribution in [0.1, 0.15) is 11.4 Å². The minimum atomic E-state index is -3.89. The standard InChI is InChI=1S/C15H15FN4O2S/c1-9-8-10(2)20-15(18-9)13(14(17-3)19-20)23(21,22)12-6-4-11(16)5-7-12/h4-8H,1-3H3,(H,17,19). The average molecular weight is 334 g/mol. The van der Waals surface area contributed by atoms with Crippen LogP contribution in [-0.4, -0.2) is 30.1 Å². The summed E-state index contributed by atoms with van der Waals surface area (Å²) in [5, 5.41) is 7.06. The highest BCUT2D eigenvalue weighted by molar-refractivity contribution is 7.91. The third kappa shape index (κ3) is 2.44. The van der Waals surface area contributed by atoms with Crippen LogP contribution in [0.3, 0.4) is 0 Å². The number of benzene rings is 1. The maximum atomic E-state index is 13.1. The molecule has 1 N–H and O–H groups in total. The van der Waals surface area contributed by atoms with Crippen molar-refractivity contribution in [1.29, 1.82) is 0 Å². The second-order valence-corrected chi connectivity index (χ2v) is 7.05. The summed E-state index contributed by atoms with van der Waals surface area (Å²) in [6.45, 7) is 3.61. The van der Waals surface area contributed by atoms with Gasteiger partial charge in [0.05, 0.1) is 4.90 Å². The van der Waals surface area contributed by atoms with E-state index in [-0.39, 0.29) is 21.3 Å². The van der Waals surface area contributed by atoms with E-state index < -0.39 is 15.7 Å². The molecule has 6 nitrogen and oxygen atoms in total. The number of aromatic nitrogens is 3. The highest BCUT2D eigenvalue weighted by Gasteiger charge is 2.28. The Labute approximate surface area is 132 Å². The molecule has 2 heterocycles. The van der Waals surface area contributed by atoms with Crippen molar-refractivity contribution in [3.63, 3.8) is 0 Å². The lowest BCUT2D eigenvalue weighted by Gasteiger charge is -2.05. The van der Waals surface area contributed by atoms with E-state index in [0.29, 0.717) is 5.69 Å². The van der Waals surface area contributed by atoms with Gasteiger partial charge in [-0.1, -0.05) is 0 Å². The van der Waals surface area contributed by atoms with Crippen LogP contribution in [-0.2, 0) is 9.84 Å². The fourth-order valence-electron chi connectivity index (χ4n) is 2.44. The molecule has 8 heteroatoms. The van der Waals surface area contributed by atoms with Gasteiger partial charge in [-0.2, -0.15) is 0 Å².